The van der Waals surface area contributed by atoms with E-state index in [1.54, 1.807) is 0 Å². The van der Waals surface area contributed by atoms with Crippen molar-refractivity contribution >= 4 is 0 Å². The fraction of sp³-hybridized carbons (Fsp3) is 0.647. The minimum Gasteiger partial charge on any atom is -0.207 e. The van der Waals surface area contributed by atoms with E-state index < -0.39 is 0 Å². The van der Waals surface area contributed by atoms with E-state index in [1.165, 1.54) is 43.9 Å². The van der Waals surface area contributed by atoms with Gasteiger partial charge in [-0.2, -0.15) is 0 Å². The van der Waals surface area contributed by atoms with Gasteiger partial charge in [0.25, 0.3) is 0 Å². The van der Waals surface area contributed by atoms with Crippen LogP contribution in [0, 0.1) is 17.6 Å². The zero-order chi connectivity index (χ0) is 13.7. The third kappa shape index (κ3) is 3.77. The van der Waals surface area contributed by atoms with E-state index in [1.807, 2.05) is 0 Å². The first kappa shape index (κ1) is 14.5. The molecule has 1 aliphatic rings. The van der Waals surface area contributed by atoms with E-state index in [0.717, 1.165) is 31.6 Å². The molecule has 0 radical (unpaired) electrons. The van der Waals surface area contributed by atoms with Gasteiger partial charge in [0, 0.05) is 5.56 Å². The Bertz CT molecular complexity index is 372. The molecule has 0 aromatic heterocycles. The zero-order valence-corrected chi connectivity index (χ0v) is 11.8. The van der Waals surface area contributed by atoms with Crippen LogP contribution in [0.25, 0.3) is 0 Å². The average Bonchev–Trinajstić information content (AvgIpc) is 2.40. The second-order valence-corrected chi connectivity index (χ2v) is 5.85. The number of hydrogen-bond acceptors (Lipinski definition) is 0. The van der Waals surface area contributed by atoms with Crippen molar-refractivity contribution in [1.29, 1.82) is 0 Å². The highest BCUT2D eigenvalue weighted by molar-refractivity contribution is 5.24. The molecule has 0 nitrogen and oxygen atoms in total. The van der Waals surface area contributed by atoms with Gasteiger partial charge in [-0.15, -0.1) is 0 Å². The van der Waals surface area contributed by atoms with Crippen LogP contribution < -0.4 is 0 Å². The average molecular weight is 266 g/mol. The van der Waals surface area contributed by atoms with Crippen molar-refractivity contribution in [2.24, 2.45) is 5.92 Å². The van der Waals surface area contributed by atoms with Crippen molar-refractivity contribution in [2.45, 2.75) is 64.2 Å². The van der Waals surface area contributed by atoms with Crippen molar-refractivity contribution in [3.63, 3.8) is 0 Å². The summed E-state index contributed by atoms with van der Waals surface area (Å²) >= 11 is 0. The monoisotopic (exact) mass is 266 g/mol. The third-order valence-electron chi connectivity index (χ3n) is 4.47. The van der Waals surface area contributed by atoms with Gasteiger partial charge in [-0.25, -0.2) is 8.78 Å². The summed E-state index contributed by atoms with van der Waals surface area (Å²) in [6.45, 7) is 2.22. The highest BCUT2D eigenvalue weighted by Gasteiger charge is 2.26. The molecule has 1 saturated carbocycles. The van der Waals surface area contributed by atoms with Gasteiger partial charge >= 0.3 is 0 Å². The summed E-state index contributed by atoms with van der Waals surface area (Å²) in [5.74, 6) is 0.130. The Morgan fingerprint density at radius 2 is 1.63 bits per heavy atom. The smallest absolute Gasteiger partial charge is 0.129 e. The molecule has 1 fully saturated rings. The molecule has 1 aromatic rings. The molecule has 2 rings (SSSR count). The van der Waals surface area contributed by atoms with Crippen molar-refractivity contribution in [2.75, 3.05) is 0 Å². The molecular formula is C17H24F2. The lowest BCUT2D eigenvalue weighted by Gasteiger charge is -2.29. The molecule has 0 amide bonds. The molecule has 1 aliphatic carbocycles. The quantitative estimate of drug-likeness (QED) is 0.589. The van der Waals surface area contributed by atoms with Crippen molar-refractivity contribution in [3.8, 4) is 0 Å². The van der Waals surface area contributed by atoms with Crippen LogP contribution in [0.1, 0.15) is 69.8 Å². The van der Waals surface area contributed by atoms with Gasteiger partial charge in [-0.3, -0.25) is 0 Å². The van der Waals surface area contributed by atoms with E-state index in [2.05, 4.69) is 6.92 Å². The number of rotatable bonds is 5. The molecule has 0 N–H and O–H groups in total. The molecular weight excluding hydrogens is 242 g/mol. The maximum Gasteiger partial charge on any atom is 0.129 e. The molecule has 19 heavy (non-hydrogen) atoms. The van der Waals surface area contributed by atoms with Crippen LogP contribution in [0.4, 0.5) is 8.78 Å². The van der Waals surface area contributed by atoms with Gasteiger partial charge in [-0.1, -0.05) is 38.7 Å². The fourth-order valence-corrected chi connectivity index (χ4v) is 3.32. The summed E-state index contributed by atoms with van der Waals surface area (Å²) in [7, 11) is 0. The lowest BCUT2D eigenvalue weighted by atomic mass is 9.77. The third-order valence-corrected chi connectivity index (χ3v) is 4.47. The minimum absolute atomic E-state index is 0.0867. The van der Waals surface area contributed by atoms with Gasteiger partial charge in [0.1, 0.15) is 11.6 Å². The van der Waals surface area contributed by atoms with E-state index in [0.29, 0.717) is 5.56 Å². The molecule has 2 heteroatoms. The van der Waals surface area contributed by atoms with Crippen LogP contribution in [-0.4, -0.2) is 0 Å². The topological polar surface area (TPSA) is 0 Å². The molecule has 0 atom stereocenters. The van der Waals surface area contributed by atoms with Gasteiger partial charge in [0.2, 0.25) is 0 Å². The number of hydrogen-bond donors (Lipinski definition) is 0. The molecule has 0 bridgehead atoms. The van der Waals surface area contributed by atoms with Gasteiger partial charge < -0.3 is 0 Å². The van der Waals surface area contributed by atoms with Gasteiger partial charge in [0.15, 0.2) is 0 Å². The number of unbranched alkanes of at least 4 members (excludes halogenated alkanes) is 2. The molecule has 0 heterocycles. The highest BCUT2D eigenvalue weighted by atomic mass is 19.1. The predicted molar refractivity (Wildman–Crippen MR) is 75.2 cm³/mol. The number of halogens is 2. The minimum atomic E-state index is -0.366. The van der Waals surface area contributed by atoms with Crippen LogP contribution in [-0.2, 0) is 0 Å². The first-order valence-corrected chi connectivity index (χ1v) is 7.66. The van der Waals surface area contributed by atoms with Gasteiger partial charge in [-0.05, 0) is 49.7 Å². The Labute approximate surface area is 115 Å². The molecule has 0 spiro atoms. The van der Waals surface area contributed by atoms with Crippen LogP contribution in [0.2, 0.25) is 0 Å². The lowest BCUT2D eigenvalue weighted by molar-refractivity contribution is 0.295. The second-order valence-electron chi connectivity index (χ2n) is 5.85. The summed E-state index contributed by atoms with van der Waals surface area (Å²) in [5.41, 5.74) is 0.328. The Balaban J connectivity index is 1.89. The highest BCUT2D eigenvalue weighted by Crippen LogP contribution is 2.39. The predicted octanol–water partition coefficient (Wildman–Crippen LogP) is 5.82. The first-order valence-electron chi connectivity index (χ1n) is 7.66. The Kier molecular flexibility index (Phi) is 5.35. The Hall–Kier alpha value is -0.920. The Morgan fingerprint density at radius 3 is 2.21 bits per heavy atom. The van der Waals surface area contributed by atoms with Crippen LogP contribution in [0.5, 0.6) is 0 Å². The van der Waals surface area contributed by atoms with E-state index in [4.69, 9.17) is 0 Å². The first-order chi connectivity index (χ1) is 9.22. The van der Waals surface area contributed by atoms with Crippen molar-refractivity contribution in [3.05, 3.63) is 35.4 Å². The van der Waals surface area contributed by atoms with Crippen molar-refractivity contribution in [1.82, 2.24) is 0 Å². The van der Waals surface area contributed by atoms with E-state index in [-0.39, 0.29) is 17.6 Å². The maximum atomic E-state index is 13.7. The zero-order valence-electron chi connectivity index (χ0n) is 11.8. The Morgan fingerprint density at radius 1 is 1.00 bits per heavy atom. The number of benzene rings is 1. The molecule has 0 saturated heterocycles. The molecule has 0 aliphatic heterocycles. The van der Waals surface area contributed by atoms with Gasteiger partial charge in [0.05, 0.1) is 0 Å². The summed E-state index contributed by atoms with van der Waals surface area (Å²) < 4.78 is 27.5. The second kappa shape index (κ2) is 7.02. The normalized spacial score (nSPS) is 23.5. The van der Waals surface area contributed by atoms with Crippen molar-refractivity contribution < 1.29 is 8.78 Å². The van der Waals surface area contributed by atoms with Crippen LogP contribution in [0.15, 0.2) is 18.2 Å². The largest absolute Gasteiger partial charge is 0.207 e. The van der Waals surface area contributed by atoms with Crippen LogP contribution >= 0.6 is 0 Å². The van der Waals surface area contributed by atoms with E-state index >= 15 is 0 Å². The maximum absolute atomic E-state index is 13.7. The van der Waals surface area contributed by atoms with E-state index in [9.17, 15) is 8.78 Å². The summed E-state index contributed by atoms with van der Waals surface area (Å²) in [5, 5.41) is 0. The lowest BCUT2D eigenvalue weighted by Crippen LogP contribution is -2.15. The fourth-order valence-electron chi connectivity index (χ4n) is 3.32. The molecule has 106 valence electrons. The molecule has 0 unspecified atom stereocenters. The SMILES string of the molecule is CCCCC[C@H]1CC[C@H](c2c(F)cccc2F)CC1. The summed E-state index contributed by atoms with van der Waals surface area (Å²) in [6.07, 6.45) is 9.30. The summed E-state index contributed by atoms with van der Waals surface area (Å²) in [4.78, 5) is 0. The summed E-state index contributed by atoms with van der Waals surface area (Å²) in [6, 6.07) is 4.21. The van der Waals surface area contributed by atoms with Crippen LogP contribution in [0.3, 0.4) is 0 Å². The molecule has 1 aromatic carbocycles. The standard InChI is InChI=1S/C17H24F2/c1-2-3-4-6-13-9-11-14(12-10-13)17-15(18)7-5-8-16(17)19/h5,7-8,13-14H,2-4,6,9-12H2,1H3/t13-,14-.